The van der Waals surface area contributed by atoms with Crippen molar-refractivity contribution in [3.63, 3.8) is 0 Å². The van der Waals surface area contributed by atoms with Crippen molar-refractivity contribution in [2.24, 2.45) is 17.2 Å². The maximum absolute atomic E-state index is 5.58. The Bertz CT molecular complexity index is 157. The van der Waals surface area contributed by atoms with Crippen LogP contribution in [0.2, 0.25) is 0 Å². The van der Waals surface area contributed by atoms with Gasteiger partial charge in [-0.3, -0.25) is 11.3 Å². The van der Waals surface area contributed by atoms with E-state index in [-0.39, 0.29) is 0 Å². The first-order valence-electron chi connectivity index (χ1n) is 5.09. The largest absolute Gasteiger partial charge is 0.385 e. The molecule has 3 N–H and O–H groups in total. The van der Waals surface area contributed by atoms with Crippen LogP contribution in [0.5, 0.6) is 0 Å². The van der Waals surface area contributed by atoms with Crippen molar-refractivity contribution in [1.82, 2.24) is 5.43 Å². The Morgan fingerprint density at radius 3 is 2.54 bits per heavy atom. The molecule has 0 aromatic rings. The van der Waals surface area contributed by atoms with Crippen molar-refractivity contribution in [2.75, 3.05) is 13.7 Å². The van der Waals surface area contributed by atoms with Crippen LogP contribution in [0.25, 0.3) is 0 Å². The molecule has 3 heteroatoms. The fourth-order valence-corrected chi connectivity index (χ4v) is 2.03. The van der Waals surface area contributed by atoms with E-state index in [2.05, 4.69) is 19.3 Å². The van der Waals surface area contributed by atoms with E-state index in [0.29, 0.717) is 17.4 Å². The maximum Gasteiger partial charge on any atom is 0.0465 e. The molecule has 78 valence electrons. The molecule has 3 nitrogen and oxygen atoms in total. The summed E-state index contributed by atoms with van der Waals surface area (Å²) in [5.41, 5.74) is 3.40. The Hall–Kier alpha value is -0.120. The van der Waals surface area contributed by atoms with E-state index in [0.717, 1.165) is 13.0 Å². The number of rotatable bonds is 6. The van der Waals surface area contributed by atoms with Gasteiger partial charge in [0.15, 0.2) is 0 Å². The van der Waals surface area contributed by atoms with Crippen LogP contribution in [0.15, 0.2) is 0 Å². The first-order chi connectivity index (χ1) is 6.14. The highest BCUT2D eigenvalue weighted by Crippen LogP contribution is 2.50. The number of hydrogen-bond donors (Lipinski definition) is 2. The fourth-order valence-electron chi connectivity index (χ4n) is 2.03. The number of nitrogens with one attached hydrogen (secondary N) is 1. The van der Waals surface area contributed by atoms with Gasteiger partial charge in [0.05, 0.1) is 0 Å². The summed E-state index contributed by atoms with van der Waals surface area (Å²) in [4.78, 5) is 0. The lowest BCUT2D eigenvalue weighted by atomic mass is 9.87. The van der Waals surface area contributed by atoms with Crippen LogP contribution >= 0.6 is 0 Å². The van der Waals surface area contributed by atoms with E-state index in [1.54, 1.807) is 7.11 Å². The number of ether oxygens (including phenoxy) is 1. The molecule has 13 heavy (non-hydrogen) atoms. The standard InChI is InChI=1S/C10H22N2O/c1-8(4-7-13-3)9(12-11)10(2)5-6-10/h8-9,12H,4-7,11H2,1-3H3. The molecule has 0 radical (unpaired) electrons. The van der Waals surface area contributed by atoms with Crippen molar-refractivity contribution < 1.29 is 4.74 Å². The average Bonchev–Trinajstić information content (AvgIpc) is 2.82. The van der Waals surface area contributed by atoms with Gasteiger partial charge < -0.3 is 4.74 Å². The number of hydrazine groups is 1. The molecule has 1 saturated carbocycles. The zero-order chi connectivity index (χ0) is 9.90. The van der Waals surface area contributed by atoms with Gasteiger partial charge in [0.1, 0.15) is 0 Å². The summed E-state index contributed by atoms with van der Waals surface area (Å²) in [7, 11) is 1.75. The van der Waals surface area contributed by atoms with Gasteiger partial charge in [-0.1, -0.05) is 13.8 Å². The van der Waals surface area contributed by atoms with E-state index >= 15 is 0 Å². The molecule has 2 unspecified atom stereocenters. The summed E-state index contributed by atoms with van der Waals surface area (Å²) in [5, 5.41) is 0. The first kappa shape index (κ1) is 11.0. The molecule has 2 atom stereocenters. The second-order valence-corrected chi connectivity index (χ2v) is 4.56. The van der Waals surface area contributed by atoms with Crippen LogP contribution in [0, 0.1) is 11.3 Å². The molecule has 0 bridgehead atoms. The lowest BCUT2D eigenvalue weighted by Crippen LogP contribution is -2.45. The smallest absolute Gasteiger partial charge is 0.0465 e. The lowest BCUT2D eigenvalue weighted by molar-refractivity contribution is 0.156. The molecule has 0 aliphatic heterocycles. The van der Waals surface area contributed by atoms with Gasteiger partial charge in [0.25, 0.3) is 0 Å². The third-order valence-corrected chi connectivity index (χ3v) is 3.32. The zero-order valence-corrected chi connectivity index (χ0v) is 8.97. The van der Waals surface area contributed by atoms with E-state index in [1.165, 1.54) is 12.8 Å². The van der Waals surface area contributed by atoms with Crippen molar-refractivity contribution in [3.05, 3.63) is 0 Å². The Morgan fingerprint density at radius 1 is 1.54 bits per heavy atom. The molecular weight excluding hydrogens is 164 g/mol. The van der Waals surface area contributed by atoms with E-state index in [4.69, 9.17) is 10.6 Å². The molecule has 1 aliphatic carbocycles. The van der Waals surface area contributed by atoms with Crippen LogP contribution in [0.4, 0.5) is 0 Å². The van der Waals surface area contributed by atoms with Crippen molar-refractivity contribution in [3.8, 4) is 0 Å². The summed E-state index contributed by atoms with van der Waals surface area (Å²) in [6.07, 6.45) is 3.69. The Labute approximate surface area is 81.0 Å². The second-order valence-electron chi connectivity index (χ2n) is 4.56. The van der Waals surface area contributed by atoms with E-state index < -0.39 is 0 Å². The topological polar surface area (TPSA) is 47.3 Å². The predicted molar refractivity (Wildman–Crippen MR) is 54.1 cm³/mol. The van der Waals surface area contributed by atoms with Crippen LogP contribution in [0.3, 0.4) is 0 Å². The van der Waals surface area contributed by atoms with Gasteiger partial charge in [-0.25, -0.2) is 0 Å². The van der Waals surface area contributed by atoms with Crippen LogP contribution in [-0.2, 0) is 4.74 Å². The second kappa shape index (κ2) is 4.40. The third kappa shape index (κ3) is 2.66. The predicted octanol–water partition coefficient (Wildman–Crippen LogP) is 1.29. The van der Waals surface area contributed by atoms with Crippen LogP contribution < -0.4 is 11.3 Å². The SMILES string of the molecule is COCCC(C)C(NN)C1(C)CC1. The average molecular weight is 186 g/mol. The number of hydrogen-bond acceptors (Lipinski definition) is 3. The van der Waals surface area contributed by atoms with Crippen LogP contribution in [0.1, 0.15) is 33.1 Å². The van der Waals surface area contributed by atoms with Crippen molar-refractivity contribution in [2.45, 2.75) is 39.2 Å². The molecule has 0 spiro atoms. The molecule has 1 aliphatic rings. The normalized spacial score (nSPS) is 24.0. The quantitative estimate of drug-likeness (QED) is 0.485. The first-order valence-corrected chi connectivity index (χ1v) is 5.09. The van der Waals surface area contributed by atoms with E-state index in [1.807, 2.05) is 0 Å². The molecule has 0 heterocycles. The highest BCUT2D eigenvalue weighted by Gasteiger charge is 2.46. The number of methoxy groups -OCH3 is 1. The summed E-state index contributed by atoms with van der Waals surface area (Å²) in [6.45, 7) is 5.38. The minimum Gasteiger partial charge on any atom is -0.385 e. The Kier molecular flexibility index (Phi) is 3.71. The lowest BCUT2D eigenvalue weighted by Gasteiger charge is -2.28. The van der Waals surface area contributed by atoms with Crippen molar-refractivity contribution in [1.29, 1.82) is 0 Å². The van der Waals surface area contributed by atoms with Gasteiger partial charge in [-0.2, -0.15) is 0 Å². The molecule has 0 saturated heterocycles. The third-order valence-electron chi connectivity index (χ3n) is 3.32. The molecule has 1 fully saturated rings. The molecule has 0 aromatic heterocycles. The Balaban J connectivity index is 2.36. The molecular formula is C10H22N2O. The monoisotopic (exact) mass is 186 g/mol. The molecule has 0 aromatic carbocycles. The van der Waals surface area contributed by atoms with Gasteiger partial charge in [-0.05, 0) is 30.6 Å². The summed E-state index contributed by atoms with van der Waals surface area (Å²) in [5.74, 6) is 6.18. The Morgan fingerprint density at radius 2 is 2.15 bits per heavy atom. The maximum atomic E-state index is 5.58. The van der Waals surface area contributed by atoms with Crippen molar-refractivity contribution >= 4 is 0 Å². The molecule has 0 amide bonds. The summed E-state index contributed by atoms with van der Waals surface area (Å²) in [6, 6.07) is 0.447. The number of nitrogens with two attached hydrogens (primary N) is 1. The van der Waals surface area contributed by atoms with Gasteiger partial charge in [-0.15, -0.1) is 0 Å². The van der Waals surface area contributed by atoms with Gasteiger partial charge in [0, 0.05) is 19.8 Å². The highest BCUT2D eigenvalue weighted by molar-refractivity contribution is 4.99. The van der Waals surface area contributed by atoms with Gasteiger partial charge >= 0.3 is 0 Å². The zero-order valence-electron chi connectivity index (χ0n) is 8.97. The van der Waals surface area contributed by atoms with Gasteiger partial charge in [0.2, 0.25) is 0 Å². The van der Waals surface area contributed by atoms with Crippen LogP contribution in [-0.4, -0.2) is 19.8 Å². The summed E-state index contributed by atoms with van der Waals surface area (Å²) >= 11 is 0. The fraction of sp³-hybridized carbons (Fsp3) is 1.00. The minimum atomic E-state index is 0.446. The summed E-state index contributed by atoms with van der Waals surface area (Å²) < 4.78 is 5.07. The molecule has 1 rings (SSSR count). The minimum absolute atomic E-state index is 0.446. The van der Waals surface area contributed by atoms with E-state index in [9.17, 15) is 0 Å². The highest BCUT2D eigenvalue weighted by atomic mass is 16.5.